The van der Waals surface area contributed by atoms with Gasteiger partial charge < -0.3 is 14.2 Å². The molecule has 196 valence electrons. The van der Waals surface area contributed by atoms with E-state index in [0.29, 0.717) is 30.9 Å². The van der Waals surface area contributed by atoms with E-state index < -0.39 is 11.6 Å². The second-order valence-corrected chi connectivity index (χ2v) is 11.2. The highest BCUT2D eigenvalue weighted by atomic mass is 19.2. The van der Waals surface area contributed by atoms with E-state index in [0.717, 1.165) is 23.5 Å². The van der Waals surface area contributed by atoms with Gasteiger partial charge in [-0.2, -0.15) is 8.78 Å². The molecule has 0 amide bonds. The molecule has 1 aliphatic heterocycles. The van der Waals surface area contributed by atoms with Crippen LogP contribution in [-0.4, -0.2) is 19.3 Å². The van der Waals surface area contributed by atoms with Crippen LogP contribution in [0.25, 0.3) is 0 Å². The van der Waals surface area contributed by atoms with Crippen molar-refractivity contribution in [3.8, 4) is 17.2 Å². The van der Waals surface area contributed by atoms with E-state index in [9.17, 15) is 8.78 Å². The Bertz CT molecular complexity index is 1010. The molecule has 2 fully saturated rings. The smallest absolute Gasteiger partial charge is 0.204 e. The second kappa shape index (κ2) is 11.4. The molecule has 2 aromatic carbocycles. The minimum Gasteiger partial charge on any atom is -0.491 e. The summed E-state index contributed by atoms with van der Waals surface area (Å²) in [7, 11) is 0. The molecule has 0 saturated heterocycles. The number of rotatable bonds is 7. The Balaban J connectivity index is 1.11. The monoisotopic (exact) mass is 498 g/mol. The lowest BCUT2D eigenvalue weighted by Crippen LogP contribution is -2.30. The number of hydrogen-bond donors (Lipinski definition) is 0. The van der Waals surface area contributed by atoms with Crippen molar-refractivity contribution in [1.29, 1.82) is 0 Å². The summed E-state index contributed by atoms with van der Waals surface area (Å²) in [5, 5.41) is 0. The first-order valence-corrected chi connectivity index (χ1v) is 14.0. The molecular weight excluding hydrogens is 458 g/mol. The second-order valence-electron chi connectivity index (χ2n) is 11.2. The summed E-state index contributed by atoms with van der Waals surface area (Å²) in [6.07, 6.45) is 12.0. The molecule has 1 atom stereocenters. The number of benzene rings is 2. The maximum Gasteiger partial charge on any atom is 0.204 e. The van der Waals surface area contributed by atoms with Crippen LogP contribution in [0.1, 0.15) is 88.7 Å². The van der Waals surface area contributed by atoms with E-state index in [2.05, 4.69) is 19.1 Å². The predicted octanol–water partition coefficient (Wildman–Crippen LogP) is 8.24. The van der Waals surface area contributed by atoms with Crippen LogP contribution in [0, 0.1) is 29.4 Å². The fraction of sp³-hybridized carbons (Fsp3) is 0.613. The number of aryl methyl sites for hydroxylation is 1. The molecule has 36 heavy (non-hydrogen) atoms. The minimum atomic E-state index is -0.991. The summed E-state index contributed by atoms with van der Waals surface area (Å²) in [6.45, 7) is 4.74. The third-order valence-corrected chi connectivity index (χ3v) is 8.81. The Hall–Kier alpha value is -2.30. The zero-order chi connectivity index (χ0) is 25.1. The summed E-state index contributed by atoms with van der Waals surface area (Å²) in [4.78, 5) is 0. The molecule has 1 unspecified atom stereocenters. The fourth-order valence-electron chi connectivity index (χ4n) is 6.58. The average Bonchev–Trinajstić information content (AvgIpc) is 2.91. The van der Waals surface area contributed by atoms with Crippen LogP contribution in [-0.2, 0) is 6.42 Å². The Kier molecular flexibility index (Phi) is 8.03. The van der Waals surface area contributed by atoms with Crippen molar-refractivity contribution in [2.75, 3.05) is 13.2 Å². The Morgan fingerprint density at radius 1 is 0.833 bits per heavy atom. The van der Waals surface area contributed by atoms with Gasteiger partial charge in [0.1, 0.15) is 18.5 Å². The quantitative estimate of drug-likeness (QED) is 0.385. The molecule has 0 spiro atoms. The Morgan fingerprint density at radius 3 is 2.17 bits per heavy atom. The van der Waals surface area contributed by atoms with Crippen molar-refractivity contribution < 1.29 is 23.0 Å². The van der Waals surface area contributed by atoms with Crippen molar-refractivity contribution in [3.63, 3.8) is 0 Å². The third kappa shape index (κ3) is 5.65. The van der Waals surface area contributed by atoms with Crippen LogP contribution < -0.4 is 14.2 Å². The first-order chi connectivity index (χ1) is 17.5. The number of halogens is 2. The summed E-state index contributed by atoms with van der Waals surface area (Å²) in [6, 6.07) is 10.0. The summed E-state index contributed by atoms with van der Waals surface area (Å²) in [5.41, 5.74) is 2.05. The molecule has 0 radical (unpaired) electrons. The van der Waals surface area contributed by atoms with Gasteiger partial charge in [0.05, 0.1) is 6.61 Å². The lowest BCUT2D eigenvalue weighted by molar-refractivity contribution is 0.103. The Morgan fingerprint density at radius 2 is 1.50 bits per heavy atom. The zero-order valence-corrected chi connectivity index (χ0v) is 21.7. The van der Waals surface area contributed by atoms with E-state index in [1.807, 2.05) is 12.1 Å². The van der Waals surface area contributed by atoms with Crippen molar-refractivity contribution in [2.45, 2.75) is 90.1 Å². The molecule has 0 bridgehead atoms. The molecule has 2 aliphatic carbocycles. The molecule has 5 rings (SSSR count). The maximum atomic E-state index is 14.5. The van der Waals surface area contributed by atoms with Crippen LogP contribution in [0.15, 0.2) is 30.3 Å². The van der Waals surface area contributed by atoms with Gasteiger partial charge in [0, 0.05) is 5.56 Å². The lowest BCUT2D eigenvalue weighted by Gasteiger charge is -2.37. The standard InChI is InChI=1S/C31H40F2O3/c1-3-34-28-18-25-14-17-27(36-31(25)30(33)29(28)32)19-35-26-15-12-24(13-16-26)23-10-8-22(9-11-23)21-6-4-20(2)5-7-21/h12-13,15-16,18,20-23,27H,3-11,14,17,19H2,1-2H3. The molecule has 3 nitrogen and oxygen atoms in total. The van der Waals surface area contributed by atoms with Gasteiger partial charge in [0.15, 0.2) is 11.5 Å². The molecule has 0 N–H and O–H groups in total. The Labute approximate surface area is 214 Å². The number of ether oxygens (including phenoxy) is 3. The highest BCUT2D eigenvalue weighted by Crippen LogP contribution is 2.44. The van der Waals surface area contributed by atoms with Gasteiger partial charge in [0.25, 0.3) is 0 Å². The molecule has 3 aliphatic rings. The topological polar surface area (TPSA) is 27.7 Å². The van der Waals surface area contributed by atoms with Gasteiger partial charge >= 0.3 is 0 Å². The zero-order valence-electron chi connectivity index (χ0n) is 21.7. The van der Waals surface area contributed by atoms with E-state index >= 15 is 0 Å². The number of hydrogen-bond acceptors (Lipinski definition) is 3. The highest BCUT2D eigenvalue weighted by Gasteiger charge is 2.31. The first-order valence-electron chi connectivity index (χ1n) is 14.0. The predicted molar refractivity (Wildman–Crippen MR) is 138 cm³/mol. The van der Waals surface area contributed by atoms with Crippen molar-refractivity contribution in [1.82, 2.24) is 0 Å². The van der Waals surface area contributed by atoms with Crippen LogP contribution in [0.4, 0.5) is 8.78 Å². The van der Waals surface area contributed by atoms with Crippen LogP contribution >= 0.6 is 0 Å². The number of fused-ring (bicyclic) bond motifs is 1. The van der Waals surface area contributed by atoms with Gasteiger partial charge in [-0.1, -0.05) is 31.9 Å². The van der Waals surface area contributed by atoms with Crippen LogP contribution in [0.2, 0.25) is 0 Å². The molecule has 2 aromatic rings. The largest absolute Gasteiger partial charge is 0.491 e. The lowest BCUT2D eigenvalue weighted by atomic mass is 9.68. The van der Waals surface area contributed by atoms with E-state index in [1.54, 1.807) is 13.0 Å². The SMILES string of the molecule is CCOc1cc2c(c(F)c1F)OC(COc1ccc(C3CCC(C4CCC(C)CC4)CC3)cc1)CC2. The van der Waals surface area contributed by atoms with Crippen molar-refractivity contribution in [2.24, 2.45) is 17.8 Å². The normalized spacial score (nSPS) is 28.2. The molecule has 2 saturated carbocycles. The van der Waals surface area contributed by atoms with Crippen molar-refractivity contribution in [3.05, 3.63) is 53.1 Å². The summed E-state index contributed by atoms with van der Waals surface area (Å²) in [5.74, 6) is 2.23. The van der Waals surface area contributed by atoms with Crippen LogP contribution in [0.3, 0.4) is 0 Å². The minimum absolute atomic E-state index is 0.00973. The van der Waals surface area contributed by atoms with Gasteiger partial charge in [-0.3, -0.25) is 0 Å². The van der Waals surface area contributed by atoms with Gasteiger partial charge in [0.2, 0.25) is 11.6 Å². The highest BCUT2D eigenvalue weighted by molar-refractivity contribution is 5.44. The first kappa shape index (κ1) is 25.4. The van der Waals surface area contributed by atoms with E-state index in [1.165, 1.54) is 56.9 Å². The maximum absolute atomic E-state index is 14.5. The van der Waals surface area contributed by atoms with E-state index in [4.69, 9.17) is 14.2 Å². The molecule has 5 heteroatoms. The van der Waals surface area contributed by atoms with Gasteiger partial charge in [-0.15, -0.1) is 0 Å². The fourth-order valence-corrected chi connectivity index (χ4v) is 6.58. The average molecular weight is 499 g/mol. The van der Waals surface area contributed by atoms with Crippen LogP contribution in [0.5, 0.6) is 17.2 Å². The molecule has 0 aromatic heterocycles. The summed E-state index contributed by atoms with van der Waals surface area (Å²) < 4.78 is 45.8. The van der Waals surface area contributed by atoms with E-state index in [-0.39, 0.29) is 24.2 Å². The molecular formula is C31H40F2O3. The van der Waals surface area contributed by atoms with Crippen molar-refractivity contribution >= 4 is 0 Å². The molecule has 1 heterocycles. The van der Waals surface area contributed by atoms with Gasteiger partial charge in [-0.25, -0.2) is 0 Å². The summed E-state index contributed by atoms with van der Waals surface area (Å²) >= 11 is 0. The van der Waals surface area contributed by atoms with Gasteiger partial charge in [-0.05, 0) is 106 Å². The third-order valence-electron chi connectivity index (χ3n) is 8.81.